The molecule has 0 aliphatic carbocycles. The average molecular weight is 277 g/mol. The minimum atomic E-state index is -3.04. The number of aromatic nitrogens is 1. The molecular weight excluding hydrogens is 260 g/mol. The van der Waals surface area contributed by atoms with Crippen LogP contribution in [0.3, 0.4) is 0 Å². The minimum Gasteiger partial charge on any atom is -0.313 e. The summed E-state index contributed by atoms with van der Waals surface area (Å²) < 4.78 is 23.8. The molecule has 6 heteroatoms. The molecule has 1 unspecified atom stereocenters. The van der Waals surface area contributed by atoms with Gasteiger partial charge >= 0.3 is 0 Å². The molecule has 96 valence electrons. The average Bonchev–Trinajstić information content (AvgIpc) is 2.70. The summed E-state index contributed by atoms with van der Waals surface area (Å²) in [6.07, 6.45) is 3.66. The number of rotatable bonds is 4. The molecule has 0 spiro atoms. The van der Waals surface area contributed by atoms with Crippen molar-refractivity contribution in [3.8, 4) is 0 Å². The van der Waals surface area contributed by atoms with E-state index < -0.39 is 9.84 Å². The van der Waals surface area contributed by atoms with Gasteiger partial charge < -0.3 is 5.32 Å². The highest BCUT2D eigenvalue weighted by molar-refractivity contribution is 7.90. The van der Waals surface area contributed by atoms with Crippen LogP contribution in [0.15, 0.2) is 24.4 Å². The van der Waals surface area contributed by atoms with Crippen molar-refractivity contribution in [1.29, 1.82) is 0 Å². The number of sulfone groups is 1. The quantitative estimate of drug-likeness (QED) is 0.897. The van der Waals surface area contributed by atoms with Crippen LogP contribution >= 0.6 is 12.4 Å². The van der Waals surface area contributed by atoms with Crippen LogP contribution in [0.5, 0.6) is 0 Å². The third-order valence-electron chi connectivity index (χ3n) is 2.71. The summed E-state index contributed by atoms with van der Waals surface area (Å²) in [5.74, 6) is 0.273. The largest absolute Gasteiger partial charge is 0.313 e. The highest BCUT2D eigenvalue weighted by atomic mass is 35.5. The first-order valence-electron chi connectivity index (χ1n) is 5.49. The second-order valence-corrected chi connectivity index (χ2v) is 6.28. The number of nitrogens with zero attached hydrogens (tertiary/aromatic N) is 1. The van der Waals surface area contributed by atoms with Gasteiger partial charge in [0.1, 0.15) is 0 Å². The van der Waals surface area contributed by atoms with Crippen molar-refractivity contribution in [1.82, 2.24) is 10.3 Å². The van der Waals surface area contributed by atoms with Crippen molar-refractivity contribution >= 4 is 22.2 Å². The van der Waals surface area contributed by atoms with E-state index in [0.717, 1.165) is 19.4 Å². The molecule has 1 aliphatic heterocycles. The molecule has 1 N–H and O–H groups in total. The molecular formula is C11H17ClN2O2S. The molecule has 2 rings (SSSR count). The van der Waals surface area contributed by atoms with Crippen LogP contribution in [0.25, 0.3) is 0 Å². The first-order chi connectivity index (χ1) is 7.66. The summed E-state index contributed by atoms with van der Waals surface area (Å²) >= 11 is 0. The van der Waals surface area contributed by atoms with Crippen LogP contribution in [-0.2, 0) is 15.6 Å². The first-order valence-corrected chi connectivity index (χ1v) is 7.31. The maximum atomic E-state index is 11.9. The number of pyridine rings is 1. The molecule has 1 aromatic heterocycles. The molecule has 0 amide bonds. The van der Waals surface area contributed by atoms with E-state index in [1.165, 1.54) is 0 Å². The number of hydrogen-bond acceptors (Lipinski definition) is 4. The zero-order valence-corrected chi connectivity index (χ0v) is 11.1. The highest BCUT2D eigenvalue weighted by Gasteiger charge is 2.22. The van der Waals surface area contributed by atoms with E-state index >= 15 is 0 Å². The third kappa shape index (κ3) is 4.61. The molecule has 1 fully saturated rings. The Morgan fingerprint density at radius 3 is 2.82 bits per heavy atom. The molecule has 1 aromatic rings. The van der Waals surface area contributed by atoms with E-state index in [-0.39, 0.29) is 30.0 Å². The van der Waals surface area contributed by atoms with Crippen molar-refractivity contribution in [3.05, 3.63) is 30.1 Å². The SMILES string of the molecule is Cl.O=S(=O)(Cc1ccccn1)CC1CCCN1. The Balaban J connectivity index is 0.00000144. The number of nitrogens with one attached hydrogen (secondary N) is 1. The predicted molar refractivity (Wildman–Crippen MR) is 70.0 cm³/mol. The summed E-state index contributed by atoms with van der Waals surface area (Å²) in [7, 11) is -3.04. The molecule has 17 heavy (non-hydrogen) atoms. The van der Waals surface area contributed by atoms with Gasteiger partial charge in [0.15, 0.2) is 9.84 Å². The Hall–Kier alpha value is -0.650. The van der Waals surface area contributed by atoms with Gasteiger partial charge in [0.05, 0.1) is 17.2 Å². The highest BCUT2D eigenvalue weighted by Crippen LogP contribution is 2.11. The van der Waals surface area contributed by atoms with Gasteiger partial charge in [-0.05, 0) is 31.5 Å². The predicted octanol–water partition coefficient (Wildman–Crippen LogP) is 1.17. The topological polar surface area (TPSA) is 59.1 Å². The third-order valence-corrected chi connectivity index (χ3v) is 4.36. The Morgan fingerprint density at radius 2 is 2.24 bits per heavy atom. The first kappa shape index (κ1) is 14.4. The molecule has 4 nitrogen and oxygen atoms in total. The fourth-order valence-corrected chi connectivity index (χ4v) is 3.61. The van der Waals surface area contributed by atoms with Crippen LogP contribution in [0.4, 0.5) is 0 Å². The monoisotopic (exact) mass is 276 g/mol. The van der Waals surface area contributed by atoms with Gasteiger partial charge in [0.25, 0.3) is 0 Å². The van der Waals surface area contributed by atoms with Crippen molar-refractivity contribution in [2.24, 2.45) is 0 Å². The van der Waals surface area contributed by atoms with E-state index in [1.807, 2.05) is 6.07 Å². The van der Waals surface area contributed by atoms with Crippen LogP contribution < -0.4 is 5.32 Å². The molecule has 0 radical (unpaired) electrons. The van der Waals surface area contributed by atoms with E-state index in [0.29, 0.717) is 5.69 Å². The van der Waals surface area contributed by atoms with Crippen LogP contribution in [-0.4, -0.2) is 31.7 Å². The van der Waals surface area contributed by atoms with Gasteiger partial charge in [-0.2, -0.15) is 0 Å². The molecule has 1 saturated heterocycles. The van der Waals surface area contributed by atoms with Crippen molar-refractivity contribution in [2.45, 2.75) is 24.6 Å². The fourth-order valence-electron chi connectivity index (χ4n) is 1.97. The van der Waals surface area contributed by atoms with E-state index in [1.54, 1.807) is 18.3 Å². The maximum Gasteiger partial charge on any atom is 0.157 e. The van der Waals surface area contributed by atoms with Gasteiger partial charge in [0.2, 0.25) is 0 Å². The lowest BCUT2D eigenvalue weighted by atomic mass is 10.3. The Morgan fingerprint density at radius 1 is 1.41 bits per heavy atom. The van der Waals surface area contributed by atoms with Crippen LogP contribution in [0.2, 0.25) is 0 Å². The minimum absolute atomic E-state index is 0. The lowest BCUT2D eigenvalue weighted by Gasteiger charge is -2.10. The fraction of sp³-hybridized carbons (Fsp3) is 0.545. The van der Waals surface area contributed by atoms with Gasteiger partial charge in [0, 0.05) is 12.2 Å². The Bertz CT molecular complexity index is 430. The number of hydrogen-bond donors (Lipinski definition) is 1. The standard InChI is InChI=1S/C11H16N2O2S.ClH/c14-16(15,9-11-5-3-7-13-11)8-10-4-1-2-6-12-10;/h1-2,4,6,11,13H,3,5,7-9H2;1H. The van der Waals surface area contributed by atoms with E-state index in [4.69, 9.17) is 0 Å². The van der Waals surface area contributed by atoms with Crippen molar-refractivity contribution in [2.75, 3.05) is 12.3 Å². The molecule has 0 bridgehead atoms. The van der Waals surface area contributed by atoms with Crippen molar-refractivity contribution in [3.63, 3.8) is 0 Å². The molecule has 1 aliphatic rings. The van der Waals surface area contributed by atoms with E-state index in [2.05, 4.69) is 10.3 Å². The van der Waals surface area contributed by atoms with Gasteiger partial charge in [-0.1, -0.05) is 6.07 Å². The zero-order chi connectivity index (χ0) is 11.4. The lowest BCUT2D eigenvalue weighted by molar-refractivity contribution is 0.575. The second kappa shape index (κ2) is 6.33. The summed E-state index contributed by atoms with van der Waals surface area (Å²) in [4.78, 5) is 4.04. The summed E-state index contributed by atoms with van der Waals surface area (Å²) in [5.41, 5.74) is 0.625. The Labute approximate surface area is 108 Å². The smallest absolute Gasteiger partial charge is 0.157 e. The van der Waals surface area contributed by atoms with Gasteiger partial charge in [-0.25, -0.2) is 8.42 Å². The van der Waals surface area contributed by atoms with E-state index in [9.17, 15) is 8.42 Å². The van der Waals surface area contributed by atoms with Gasteiger partial charge in [-0.15, -0.1) is 12.4 Å². The normalized spacial score (nSPS) is 19.9. The molecule has 0 aromatic carbocycles. The summed E-state index contributed by atoms with van der Waals surface area (Å²) in [6, 6.07) is 5.48. The van der Waals surface area contributed by atoms with Crippen LogP contribution in [0, 0.1) is 0 Å². The Kier molecular flexibility index (Phi) is 5.36. The molecule has 0 saturated carbocycles. The number of halogens is 1. The second-order valence-electron chi connectivity index (χ2n) is 4.17. The molecule has 1 atom stereocenters. The van der Waals surface area contributed by atoms with Crippen LogP contribution in [0.1, 0.15) is 18.5 Å². The van der Waals surface area contributed by atoms with Gasteiger partial charge in [-0.3, -0.25) is 4.98 Å². The zero-order valence-electron chi connectivity index (χ0n) is 9.50. The van der Waals surface area contributed by atoms with Crippen molar-refractivity contribution < 1.29 is 8.42 Å². The summed E-state index contributed by atoms with van der Waals surface area (Å²) in [5, 5.41) is 3.20. The lowest BCUT2D eigenvalue weighted by Crippen LogP contribution is -2.30. The molecule has 2 heterocycles. The maximum absolute atomic E-state index is 11.9. The summed E-state index contributed by atoms with van der Waals surface area (Å²) in [6.45, 7) is 0.934.